The molecule has 2 rings (SSSR count). The van der Waals surface area contributed by atoms with Gasteiger partial charge in [0.15, 0.2) is 12.4 Å². The van der Waals surface area contributed by atoms with Crippen LogP contribution < -0.4 is 4.74 Å². The van der Waals surface area contributed by atoms with Gasteiger partial charge in [-0.15, -0.1) is 0 Å². The number of ketones is 1. The summed E-state index contributed by atoms with van der Waals surface area (Å²) in [6, 6.07) is 8.10. The van der Waals surface area contributed by atoms with Gasteiger partial charge in [-0.3, -0.25) is 4.79 Å². The van der Waals surface area contributed by atoms with Crippen molar-refractivity contribution in [2.75, 3.05) is 13.7 Å². The fourth-order valence-electron chi connectivity index (χ4n) is 2.74. The lowest BCUT2D eigenvalue weighted by atomic mass is 9.92. The standard InChI is InChI=1S/C22H25ClO5/c1-12(2)15-8-16(13(3)4)21(25)17(9-15)22(26)28-11-19(24)14-6-7-20(27-5)18(23)10-14/h6-10,12-13,25H,11H2,1-5H3. The van der Waals surface area contributed by atoms with E-state index in [9.17, 15) is 14.7 Å². The van der Waals surface area contributed by atoms with E-state index in [1.54, 1.807) is 18.2 Å². The Morgan fingerprint density at radius 3 is 2.29 bits per heavy atom. The second-order valence-electron chi connectivity index (χ2n) is 7.16. The van der Waals surface area contributed by atoms with Crippen molar-refractivity contribution in [1.82, 2.24) is 0 Å². The summed E-state index contributed by atoms with van der Waals surface area (Å²) in [5.41, 5.74) is 1.96. The van der Waals surface area contributed by atoms with Gasteiger partial charge < -0.3 is 14.6 Å². The van der Waals surface area contributed by atoms with Gasteiger partial charge in [-0.1, -0.05) is 45.4 Å². The highest BCUT2D eigenvalue weighted by atomic mass is 35.5. The number of carbonyl (C=O) groups is 2. The Balaban J connectivity index is 2.20. The molecule has 1 N–H and O–H groups in total. The van der Waals surface area contributed by atoms with Crippen LogP contribution in [0.4, 0.5) is 0 Å². The number of Topliss-reactive ketones (excluding diaryl/α,β-unsaturated/α-hetero) is 1. The lowest BCUT2D eigenvalue weighted by molar-refractivity contribution is 0.0471. The maximum atomic E-state index is 12.5. The van der Waals surface area contributed by atoms with Crippen molar-refractivity contribution >= 4 is 23.4 Å². The van der Waals surface area contributed by atoms with Crippen LogP contribution in [0.15, 0.2) is 30.3 Å². The SMILES string of the molecule is COc1ccc(C(=O)COC(=O)c2cc(C(C)C)cc(C(C)C)c2O)cc1Cl. The molecular formula is C22H25ClO5. The number of aromatic hydroxyl groups is 1. The number of hydrogen-bond donors (Lipinski definition) is 1. The van der Waals surface area contributed by atoms with Crippen molar-refractivity contribution in [3.05, 3.63) is 57.6 Å². The molecule has 0 atom stereocenters. The Morgan fingerprint density at radius 2 is 1.75 bits per heavy atom. The van der Waals surface area contributed by atoms with Gasteiger partial charge in [-0.25, -0.2) is 4.79 Å². The number of phenols is 1. The molecule has 0 fully saturated rings. The number of phenolic OH excluding ortho intramolecular Hbond substituents is 1. The number of methoxy groups -OCH3 is 1. The first-order valence-corrected chi connectivity index (χ1v) is 9.44. The first-order valence-electron chi connectivity index (χ1n) is 9.06. The molecule has 5 nitrogen and oxygen atoms in total. The summed E-state index contributed by atoms with van der Waals surface area (Å²) >= 11 is 6.03. The van der Waals surface area contributed by atoms with Crippen molar-refractivity contribution in [3.63, 3.8) is 0 Å². The summed E-state index contributed by atoms with van der Waals surface area (Å²) < 4.78 is 10.2. The Bertz CT molecular complexity index is 887. The quantitative estimate of drug-likeness (QED) is 0.498. The summed E-state index contributed by atoms with van der Waals surface area (Å²) in [5, 5.41) is 10.8. The van der Waals surface area contributed by atoms with E-state index in [1.165, 1.54) is 13.2 Å². The van der Waals surface area contributed by atoms with Crippen LogP contribution >= 0.6 is 11.6 Å². The van der Waals surface area contributed by atoms with E-state index in [0.717, 1.165) is 5.56 Å². The molecule has 0 bridgehead atoms. The average Bonchev–Trinajstić information content (AvgIpc) is 2.65. The van der Waals surface area contributed by atoms with Crippen LogP contribution in [0.3, 0.4) is 0 Å². The summed E-state index contributed by atoms with van der Waals surface area (Å²) in [4.78, 5) is 24.9. The molecule has 0 radical (unpaired) electrons. The first kappa shape index (κ1) is 21.8. The van der Waals surface area contributed by atoms with Gasteiger partial charge in [0, 0.05) is 5.56 Å². The van der Waals surface area contributed by atoms with Gasteiger partial charge in [0.25, 0.3) is 0 Å². The molecule has 0 unspecified atom stereocenters. The molecule has 0 aliphatic carbocycles. The van der Waals surface area contributed by atoms with E-state index >= 15 is 0 Å². The van der Waals surface area contributed by atoms with Crippen LogP contribution in [0.1, 0.15) is 71.4 Å². The predicted octanol–water partition coefficient (Wildman–Crippen LogP) is 5.34. The van der Waals surface area contributed by atoms with Crippen LogP contribution in [0.25, 0.3) is 0 Å². The number of rotatable bonds is 7. The third-order valence-corrected chi connectivity index (χ3v) is 4.77. The normalized spacial score (nSPS) is 11.0. The molecule has 150 valence electrons. The van der Waals surface area contributed by atoms with Gasteiger partial charge in [0.05, 0.1) is 12.1 Å². The minimum atomic E-state index is -0.741. The molecule has 0 saturated carbocycles. The third kappa shape index (κ3) is 4.84. The smallest absolute Gasteiger partial charge is 0.342 e. The van der Waals surface area contributed by atoms with Crippen molar-refractivity contribution in [2.45, 2.75) is 39.5 Å². The molecule has 2 aromatic carbocycles. The highest BCUT2D eigenvalue weighted by Gasteiger charge is 2.21. The van der Waals surface area contributed by atoms with E-state index in [-0.39, 0.29) is 23.1 Å². The van der Waals surface area contributed by atoms with Crippen LogP contribution in [-0.2, 0) is 4.74 Å². The Hall–Kier alpha value is -2.53. The molecule has 0 heterocycles. The van der Waals surface area contributed by atoms with E-state index in [0.29, 0.717) is 21.9 Å². The maximum Gasteiger partial charge on any atom is 0.342 e. The van der Waals surface area contributed by atoms with Gasteiger partial charge in [0.2, 0.25) is 0 Å². The molecular weight excluding hydrogens is 380 g/mol. The number of carbonyl (C=O) groups excluding carboxylic acids is 2. The van der Waals surface area contributed by atoms with Crippen molar-refractivity contribution in [2.24, 2.45) is 0 Å². The number of esters is 1. The molecule has 2 aromatic rings. The van der Waals surface area contributed by atoms with Crippen molar-refractivity contribution in [1.29, 1.82) is 0 Å². The fraction of sp³-hybridized carbons (Fsp3) is 0.364. The van der Waals surface area contributed by atoms with Gasteiger partial charge in [0.1, 0.15) is 17.1 Å². The number of hydrogen-bond acceptors (Lipinski definition) is 5. The molecule has 6 heteroatoms. The molecule has 0 aliphatic rings. The van der Waals surface area contributed by atoms with Gasteiger partial charge in [-0.2, -0.15) is 0 Å². The van der Waals surface area contributed by atoms with Crippen molar-refractivity contribution < 1.29 is 24.2 Å². The number of halogens is 1. The molecule has 28 heavy (non-hydrogen) atoms. The Labute approximate surface area is 170 Å². The zero-order valence-corrected chi connectivity index (χ0v) is 17.5. The van der Waals surface area contributed by atoms with E-state index in [4.69, 9.17) is 21.1 Å². The second kappa shape index (κ2) is 9.11. The molecule has 0 aromatic heterocycles. The maximum absolute atomic E-state index is 12.5. The zero-order chi connectivity index (χ0) is 21.0. The van der Waals surface area contributed by atoms with E-state index in [1.807, 2.05) is 33.8 Å². The zero-order valence-electron chi connectivity index (χ0n) is 16.7. The Kier molecular flexibility index (Phi) is 7.08. The van der Waals surface area contributed by atoms with Crippen LogP contribution in [-0.4, -0.2) is 30.6 Å². The minimum Gasteiger partial charge on any atom is -0.507 e. The number of ether oxygens (including phenoxy) is 2. The summed E-state index contributed by atoms with van der Waals surface area (Å²) in [5.74, 6) is -0.589. The van der Waals surface area contributed by atoms with E-state index in [2.05, 4.69) is 0 Å². The van der Waals surface area contributed by atoms with Crippen LogP contribution in [0.2, 0.25) is 5.02 Å². The summed E-state index contributed by atoms with van der Waals surface area (Å²) in [7, 11) is 1.48. The topological polar surface area (TPSA) is 72.8 Å². The summed E-state index contributed by atoms with van der Waals surface area (Å²) in [6.45, 7) is 7.42. The monoisotopic (exact) mass is 404 g/mol. The first-order chi connectivity index (χ1) is 13.1. The predicted molar refractivity (Wildman–Crippen MR) is 109 cm³/mol. The summed E-state index contributed by atoms with van der Waals surface area (Å²) in [6.07, 6.45) is 0. The fourth-order valence-corrected chi connectivity index (χ4v) is 3.00. The largest absolute Gasteiger partial charge is 0.507 e. The highest BCUT2D eigenvalue weighted by molar-refractivity contribution is 6.32. The van der Waals surface area contributed by atoms with E-state index < -0.39 is 18.4 Å². The Morgan fingerprint density at radius 1 is 1.07 bits per heavy atom. The van der Waals surface area contributed by atoms with Crippen LogP contribution in [0.5, 0.6) is 11.5 Å². The molecule has 0 spiro atoms. The van der Waals surface area contributed by atoms with Crippen LogP contribution in [0, 0.1) is 0 Å². The van der Waals surface area contributed by atoms with Gasteiger partial charge >= 0.3 is 5.97 Å². The third-order valence-electron chi connectivity index (χ3n) is 4.48. The molecule has 0 amide bonds. The van der Waals surface area contributed by atoms with Crippen molar-refractivity contribution in [3.8, 4) is 11.5 Å². The average molecular weight is 405 g/mol. The lowest BCUT2D eigenvalue weighted by Gasteiger charge is -2.16. The number of benzene rings is 2. The minimum absolute atomic E-state index is 0.0355. The van der Waals surface area contributed by atoms with Gasteiger partial charge in [-0.05, 0) is 47.2 Å². The lowest BCUT2D eigenvalue weighted by Crippen LogP contribution is -2.15. The molecule has 0 aliphatic heterocycles. The molecule has 0 saturated heterocycles. The second-order valence-corrected chi connectivity index (χ2v) is 7.57. The highest BCUT2D eigenvalue weighted by Crippen LogP contribution is 2.33.